The van der Waals surface area contributed by atoms with Gasteiger partial charge in [-0.15, -0.1) is 0 Å². The molecule has 5 aromatic rings. The highest BCUT2D eigenvalue weighted by atomic mass is 16.1. The number of benzene rings is 3. The highest BCUT2D eigenvalue weighted by molar-refractivity contribution is 6.22. The predicted molar refractivity (Wildman–Crippen MR) is 158 cm³/mol. The molecule has 0 radical (unpaired) electrons. The maximum absolute atomic E-state index is 12.3. The second-order valence-corrected chi connectivity index (χ2v) is 6.77. The van der Waals surface area contributed by atoms with Crippen molar-refractivity contribution in [1.82, 2.24) is 9.55 Å². The van der Waals surface area contributed by atoms with Crippen molar-refractivity contribution in [1.29, 1.82) is 0 Å². The highest BCUT2D eigenvalue weighted by Gasteiger charge is 2.20. The Balaban J connectivity index is 0.000000431. The number of hydrogen-bond acceptors (Lipinski definition) is 1. The summed E-state index contributed by atoms with van der Waals surface area (Å²) in [4.78, 5) is 15.8. The minimum Gasteiger partial charge on any atom is -0.354 e. The van der Waals surface area contributed by atoms with Crippen molar-refractivity contribution in [2.75, 3.05) is 0 Å². The number of H-pyrrole nitrogens is 1. The first kappa shape index (κ1) is 29.2. The number of nitrogens with one attached hydrogen (secondary N) is 1. The summed E-state index contributed by atoms with van der Waals surface area (Å²) in [6.45, 7) is 21.4. The van der Waals surface area contributed by atoms with E-state index >= 15 is 0 Å². The van der Waals surface area contributed by atoms with Crippen molar-refractivity contribution in [3.05, 3.63) is 97.2 Å². The quantitative estimate of drug-likeness (QED) is 0.275. The van der Waals surface area contributed by atoms with Gasteiger partial charge in [0.15, 0.2) is 0 Å². The third-order valence-electron chi connectivity index (χ3n) is 5.05. The average Bonchev–Trinajstić information content (AvgIpc) is 3.48. The van der Waals surface area contributed by atoms with E-state index in [0.29, 0.717) is 0 Å². The first-order chi connectivity index (χ1) is 17.2. The predicted octanol–water partition coefficient (Wildman–Crippen LogP) is 9.99. The summed E-state index contributed by atoms with van der Waals surface area (Å²) >= 11 is 0. The fraction of sp³-hybridized carbons (Fsp3) is 0.219. The molecule has 0 amide bonds. The zero-order valence-electron chi connectivity index (χ0n) is 22.4. The summed E-state index contributed by atoms with van der Waals surface area (Å²) in [7, 11) is 0. The van der Waals surface area contributed by atoms with Crippen molar-refractivity contribution in [2.24, 2.45) is 0 Å². The van der Waals surface area contributed by atoms with Crippen LogP contribution in [0, 0.1) is 0 Å². The first-order valence-corrected chi connectivity index (χ1v) is 12.5. The third kappa shape index (κ3) is 6.19. The van der Waals surface area contributed by atoms with E-state index in [-0.39, 0.29) is 5.91 Å². The monoisotopic (exact) mass is 468 g/mol. The number of carbonyl (C=O) groups is 1. The SMILES string of the molecule is C=Cc1c(C=C)n(C(C)=O)c2c1ccc1[nH]c3ccccc3c12.CC.CC.CC.c1ccccc1. The molecule has 2 aromatic heterocycles. The van der Waals surface area contributed by atoms with Gasteiger partial charge < -0.3 is 4.98 Å². The molecule has 0 aliphatic carbocycles. The van der Waals surface area contributed by atoms with Crippen LogP contribution in [-0.2, 0) is 0 Å². The fourth-order valence-electron chi connectivity index (χ4n) is 3.88. The molecule has 3 heteroatoms. The Hall–Kier alpha value is -3.85. The van der Waals surface area contributed by atoms with E-state index < -0.39 is 0 Å². The van der Waals surface area contributed by atoms with E-state index in [1.807, 2.05) is 102 Å². The molecule has 0 saturated carbocycles. The van der Waals surface area contributed by atoms with Gasteiger partial charge in [-0.2, -0.15) is 0 Å². The zero-order valence-corrected chi connectivity index (χ0v) is 22.4. The van der Waals surface area contributed by atoms with Crippen molar-refractivity contribution < 1.29 is 4.79 Å². The van der Waals surface area contributed by atoms with Crippen LogP contribution in [0.4, 0.5) is 0 Å². The Morgan fingerprint density at radius 3 is 1.74 bits per heavy atom. The maximum atomic E-state index is 12.3. The van der Waals surface area contributed by atoms with Crippen molar-refractivity contribution >= 4 is 50.8 Å². The van der Waals surface area contributed by atoms with Gasteiger partial charge in [0.2, 0.25) is 5.91 Å². The number of carbonyl (C=O) groups excluding carboxylic acids is 1. The number of hydrogen-bond donors (Lipinski definition) is 1. The van der Waals surface area contributed by atoms with Crippen LogP contribution in [-0.4, -0.2) is 15.5 Å². The second kappa shape index (κ2) is 15.1. The van der Waals surface area contributed by atoms with Crippen LogP contribution >= 0.6 is 0 Å². The minimum absolute atomic E-state index is 0.0317. The fourth-order valence-corrected chi connectivity index (χ4v) is 3.88. The molecule has 0 spiro atoms. The summed E-state index contributed by atoms with van der Waals surface area (Å²) in [5, 5.41) is 3.19. The molecule has 0 fully saturated rings. The molecule has 2 heterocycles. The topological polar surface area (TPSA) is 37.8 Å². The van der Waals surface area contributed by atoms with E-state index in [1.165, 1.54) is 0 Å². The Labute approximate surface area is 210 Å². The Bertz CT molecular complexity index is 1330. The number of rotatable bonds is 2. The van der Waals surface area contributed by atoms with Crippen LogP contribution in [0.15, 0.2) is 86.0 Å². The second-order valence-electron chi connectivity index (χ2n) is 6.77. The van der Waals surface area contributed by atoms with Crippen LogP contribution in [0.25, 0.3) is 44.9 Å². The van der Waals surface area contributed by atoms with Crippen molar-refractivity contribution in [2.45, 2.75) is 48.5 Å². The smallest absolute Gasteiger partial charge is 0.228 e. The number of aromatic amines is 1. The van der Waals surface area contributed by atoms with E-state index in [0.717, 1.165) is 44.0 Å². The number of para-hydroxylation sites is 1. The molecule has 3 aromatic carbocycles. The zero-order chi connectivity index (χ0) is 26.4. The molecular formula is C32H40N2O. The van der Waals surface area contributed by atoms with Gasteiger partial charge >= 0.3 is 0 Å². The van der Waals surface area contributed by atoms with Gasteiger partial charge in [0.1, 0.15) is 0 Å². The van der Waals surface area contributed by atoms with Gasteiger partial charge in [-0.05, 0) is 18.2 Å². The van der Waals surface area contributed by atoms with Gasteiger partial charge in [-0.3, -0.25) is 9.36 Å². The lowest BCUT2D eigenvalue weighted by molar-refractivity contribution is 0.0941. The molecule has 0 bridgehead atoms. The molecule has 0 aliphatic heterocycles. The molecule has 35 heavy (non-hydrogen) atoms. The molecule has 0 atom stereocenters. The summed E-state index contributed by atoms with van der Waals surface area (Å²) < 4.78 is 1.74. The summed E-state index contributed by atoms with van der Waals surface area (Å²) in [5.41, 5.74) is 4.73. The van der Waals surface area contributed by atoms with Gasteiger partial charge in [-0.25, -0.2) is 0 Å². The third-order valence-corrected chi connectivity index (χ3v) is 5.05. The lowest BCUT2D eigenvalue weighted by atomic mass is 10.1. The molecule has 0 aliphatic rings. The van der Waals surface area contributed by atoms with Crippen molar-refractivity contribution in [3.8, 4) is 0 Å². The largest absolute Gasteiger partial charge is 0.354 e. The molecule has 5 rings (SSSR count). The molecule has 3 nitrogen and oxygen atoms in total. The highest BCUT2D eigenvalue weighted by Crippen LogP contribution is 2.37. The first-order valence-electron chi connectivity index (χ1n) is 12.5. The summed E-state index contributed by atoms with van der Waals surface area (Å²) in [6.07, 6.45) is 3.51. The Kier molecular flexibility index (Phi) is 12.6. The van der Waals surface area contributed by atoms with Crippen molar-refractivity contribution in [3.63, 3.8) is 0 Å². The normalized spacial score (nSPS) is 9.34. The lowest BCUT2D eigenvalue weighted by Crippen LogP contribution is -2.07. The van der Waals surface area contributed by atoms with E-state index in [1.54, 1.807) is 23.6 Å². The van der Waals surface area contributed by atoms with E-state index in [9.17, 15) is 4.79 Å². The molecule has 0 saturated heterocycles. The standard InChI is InChI=1S/C20H16N2O.C6H6.3C2H6/c1-4-13-14-10-11-17-19(15-8-6-7-9-16(15)21-17)20(14)22(12(3)23)18(13)5-2;1-2-4-6-5-3-1;3*1-2/h4-11,21H,1-2H2,3H3;1-6H;3*1-2H3. The average molecular weight is 469 g/mol. The molecular weight excluding hydrogens is 428 g/mol. The molecule has 0 unspecified atom stereocenters. The van der Waals surface area contributed by atoms with Gasteiger partial charge in [0.05, 0.1) is 11.2 Å². The molecule has 184 valence electrons. The van der Waals surface area contributed by atoms with E-state index in [4.69, 9.17) is 0 Å². The van der Waals surface area contributed by atoms with Crippen LogP contribution in [0.3, 0.4) is 0 Å². The summed E-state index contributed by atoms with van der Waals surface area (Å²) in [6, 6.07) is 24.2. The Morgan fingerprint density at radius 1 is 0.714 bits per heavy atom. The van der Waals surface area contributed by atoms with Crippen LogP contribution < -0.4 is 0 Å². The van der Waals surface area contributed by atoms with Crippen LogP contribution in [0.5, 0.6) is 0 Å². The number of fused-ring (bicyclic) bond motifs is 5. The van der Waals surface area contributed by atoms with Gasteiger partial charge in [-0.1, -0.05) is 121 Å². The number of nitrogens with zero attached hydrogens (tertiary/aromatic N) is 1. The maximum Gasteiger partial charge on any atom is 0.228 e. The molecule has 1 N–H and O–H groups in total. The number of aromatic nitrogens is 2. The lowest BCUT2D eigenvalue weighted by Gasteiger charge is -2.04. The van der Waals surface area contributed by atoms with Gasteiger partial charge in [0, 0.05) is 39.7 Å². The van der Waals surface area contributed by atoms with Crippen LogP contribution in [0.2, 0.25) is 0 Å². The Morgan fingerprint density at radius 2 is 1.26 bits per heavy atom. The van der Waals surface area contributed by atoms with Gasteiger partial charge in [0.25, 0.3) is 0 Å². The van der Waals surface area contributed by atoms with E-state index in [2.05, 4.69) is 30.3 Å². The van der Waals surface area contributed by atoms with Crippen LogP contribution in [0.1, 0.15) is 64.5 Å². The summed E-state index contributed by atoms with van der Waals surface area (Å²) in [5.74, 6) is -0.0317. The minimum atomic E-state index is -0.0317.